The second-order valence-electron chi connectivity index (χ2n) is 6.58. The highest BCUT2D eigenvalue weighted by Crippen LogP contribution is 2.26. The molecule has 28 heavy (non-hydrogen) atoms. The zero-order valence-corrected chi connectivity index (χ0v) is 17.0. The smallest absolute Gasteiger partial charge is 0.337 e. The number of thiophene rings is 1. The maximum Gasteiger partial charge on any atom is 0.337 e. The summed E-state index contributed by atoms with van der Waals surface area (Å²) in [4.78, 5) is 42.3. The van der Waals surface area contributed by atoms with Crippen molar-refractivity contribution in [3.05, 3.63) is 56.4 Å². The van der Waals surface area contributed by atoms with E-state index in [2.05, 4.69) is 10.3 Å². The first-order valence-corrected chi connectivity index (χ1v) is 9.80. The lowest BCUT2D eigenvalue weighted by Crippen LogP contribution is -2.35. The van der Waals surface area contributed by atoms with Gasteiger partial charge in [0.05, 0.1) is 21.7 Å². The Kier molecular flexibility index (Phi) is 5.53. The fourth-order valence-corrected chi connectivity index (χ4v) is 3.97. The Morgan fingerprint density at radius 3 is 2.54 bits per heavy atom. The van der Waals surface area contributed by atoms with Gasteiger partial charge in [-0.2, -0.15) is 0 Å². The topological polar surface area (TPSA) is 101 Å². The third kappa shape index (κ3) is 3.53. The van der Waals surface area contributed by atoms with E-state index < -0.39 is 23.5 Å². The van der Waals surface area contributed by atoms with Gasteiger partial charge in [0, 0.05) is 11.3 Å². The largest absolute Gasteiger partial charge is 0.478 e. The van der Waals surface area contributed by atoms with Crippen LogP contribution in [0.3, 0.4) is 0 Å². The van der Waals surface area contributed by atoms with Crippen molar-refractivity contribution >= 4 is 50.7 Å². The number of carboxylic acid groups (broad SMARTS) is 1. The third-order valence-electron chi connectivity index (χ3n) is 4.31. The van der Waals surface area contributed by atoms with E-state index in [0.717, 1.165) is 11.3 Å². The molecule has 7 nitrogen and oxygen atoms in total. The molecule has 1 aromatic carbocycles. The molecule has 3 rings (SSSR count). The standard InChI is InChI=1S/C19H18ClN3O4S/c1-9(2)15-22-17-14(11(8-28-17)19(26)27)18(25)23(15)10(3)16(24)21-13-7-5-4-6-12(13)20/h4-10H,1-3H3,(H,21,24)(H,26,27). The van der Waals surface area contributed by atoms with Crippen molar-refractivity contribution in [1.29, 1.82) is 0 Å². The number of hydrogen-bond acceptors (Lipinski definition) is 5. The van der Waals surface area contributed by atoms with Gasteiger partial charge in [-0.3, -0.25) is 14.2 Å². The molecule has 9 heteroatoms. The molecular formula is C19H18ClN3O4S. The number of benzene rings is 1. The fourth-order valence-electron chi connectivity index (χ4n) is 2.88. The Morgan fingerprint density at radius 2 is 1.93 bits per heavy atom. The highest BCUT2D eigenvalue weighted by Gasteiger charge is 2.26. The quantitative estimate of drug-likeness (QED) is 0.647. The molecule has 1 unspecified atom stereocenters. The number of rotatable bonds is 5. The summed E-state index contributed by atoms with van der Waals surface area (Å²) < 4.78 is 1.26. The molecule has 3 aromatic rings. The second kappa shape index (κ2) is 7.73. The van der Waals surface area contributed by atoms with E-state index in [1.807, 2.05) is 13.8 Å². The minimum absolute atomic E-state index is 0.0132. The predicted molar refractivity (Wildman–Crippen MR) is 110 cm³/mol. The number of nitrogens with zero attached hydrogens (tertiary/aromatic N) is 2. The van der Waals surface area contributed by atoms with Crippen molar-refractivity contribution in [1.82, 2.24) is 9.55 Å². The van der Waals surface area contributed by atoms with Gasteiger partial charge in [0.1, 0.15) is 16.7 Å². The first-order chi connectivity index (χ1) is 13.2. The Bertz CT molecular complexity index is 1140. The third-order valence-corrected chi connectivity index (χ3v) is 5.51. The van der Waals surface area contributed by atoms with Crippen molar-refractivity contribution in [2.45, 2.75) is 32.7 Å². The number of amides is 1. The highest BCUT2D eigenvalue weighted by molar-refractivity contribution is 7.17. The number of carbonyl (C=O) groups excluding carboxylic acids is 1. The number of halogens is 1. The number of hydrogen-bond donors (Lipinski definition) is 2. The van der Waals surface area contributed by atoms with Crippen molar-refractivity contribution < 1.29 is 14.7 Å². The van der Waals surface area contributed by atoms with Crippen molar-refractivity contribution in [2.75, 3.05) is 5.32 Å². The van der Waals surface area contributed by atoms with Crippen LogP contribution in [0.2, 0.25) is 5.02 Å². The van der Waals surface area contributed by atoms with Gasteiger partial charge in [-0.15, -0.1) is 11.3 Å². The van der Waals surface area contributed by atoms with E-state index in [9.17, 15) is 19.5 Å². The number of aromatic carboxylic acids is 1. The number of carbonyl (C=O) groups is 2. The van der Waals surface area contributed by atoms with Crippen LogP contribution in [0.4, 0.5) is 5.69 Å². The molecule has 0 fully saturated rings. The molecule has 0 spiro atoms. The molecule has 0 aliphatic carbocycles. The maximum absolute atomic E-state index is 13.2. The summed E-state index contributed by atoms with van der Waals surface area (Å²) in [5.74, 6) is -1.39. The Hall–Kier alpha value is -2.71. The summed E-state index contributed by atoms with van der Waals surface area (Å²) in [5, 5.41) is 13.9. The van der Waals surface area contributed by atoms with Crippen LogP contribution in [-0.2, 0) is 4.79 Å². The van der Waals surface area contributed by atoms with Gasteiger partial charge >= 0.3 is 5.97 Å². The Labute approximate surface area is 169 Å². The Morgan fingerprint density at radius 1 is 1.25 bits per heavy atom. The summed E-state index contributed by atoms with van der Waals surface area (Å²) in [5.41, 5.74) is -0.231. The summed E-state index contributed by atoms with van der Waals surface area (Å²) in [6, 6.07) is 5.86. The molecule has 2 N–H and O–H groups in total. The first kappa shape index (κ1) is 20.0. The molecule has 0 aliphatic rings. The van der Waals surface area contributed by atoms with Gasteiger partial charge in [-0.05, 0) is 19.1 Å². The van der Waals surface area contributed by atoms with Crippen molar-refractivity contribution in [2.24, 2.45) is 0 Å². The normalized spacial score (nSPS) is 12.3. The molecule has 0 bridgehead atoms. The summed E-state index contributed by atoms with van der Waals surface area (Å²) >= 11 is 7.19. The number of carboxylic acids is 1. The van der Waals surface area contributed by atoms with E-state index in [-0.39, 0.29) is 16.9 Å². The monoisotopic (exact) mass is 419 g/mol. The van der Waals surface area contributed by atoms with Crippen molar-refractivity contribution in [3.8, 4) is 0 Å². The average molecular weight is 420 g/mol. The van der Waals surface area contributed by atoms with Crippen LogP contribution in [-0.4, -0.2) is 26.5 Å². The lowest BCUT2D eigenvalue weighted by molar-refractivity contribution is -0.118. The van der Waals surface area contributed by atoms with Crippen LogP contribution in [0.15, 0.2) is 34.4 Å². The van der Waals surface area contributed by atoms with Crippen LogP contribution in [0.5, 0.6) is 0 Å². The molecule has 0 aliphatic heterocycles. The molecule has 0 saturated carbocycles. The average Bonchev–Trinajstić information content (AvgIpc) is 3.07. The molecule has 2 aromatic heterocycles. The maximum atomic E-state index is 13.2. The van der Waals surface area contributed by atoms with E-state index >= 15 is 0 Å². The molecule has 1 amide bonds. The minimum atomic E-state index is -1.21. The van der Waals surface area contributed by atoms with Gasteiger partial charge in [0.15, 0.2) is 0 Å². The van der Waals surface area contributed by atoms with E-state index in [0.29, 0.717) is 21.4 Å². The summed E-state index contributed by atoms with van der Waals surface area (Å²) in [7, 11) is 0. The minimum Gasteiger partial charge on any atom is -0.478 e. The zero-order chi connectivity index (χ0) is 20.6. The van der Waals surface area contributed by atoms with Crippen molar-refractivity contribution in [3.63, 3.8) is 0 Å². The fraction of sp³-hybridized carbons (Fsp3) is 0.263. The van der Waals surface area contributed by atoms with Gasteiger partial charge in [0.25, 0.3) is 5.56 Å². The SMILES string of the molecule is CC(C)c1nc2scc(C(=O)O)c2c(=O)n1C(C)C(=O)Nc1ccccc1Cl. The van der Waals surface area contributed by atoms with Gasteiger partial charge in [-0.25, -0.2) is 9.78 Å². The molecule has 1 atom stereocenters. The highest BCUT2D eigenvalue weighted by atomic mass is 35.5. The zero-order valence-electron chi connectivity index (χ0n) is 15.4. The van der Waals surface area contributed by atoms with E-state index in [4.69, 9.17) is 11.6 Å². The lowest BCUT2D eigenvalue weighted by atomic mass is 10.1. The van der Waals surface area contributed by atoms with Crippen LogP contribution >= 0.6 is 22.9 Å². The molecular weight excluding hydrogens is 402 g/mol. The second-order valence-corrected chi connectivity index (χ2v) is 7.84. The predicted octanol–water partition coefficient (Wildman–Crippen LogP) is 4.13. The number of nitrogens with one attached hydrogen (secondary N) is 1. The van der Waals surface area contributed by atoms with E-state index in [1.54, 1.807) is 31.2 Å². The van der Waals surface area contributed by atoms with Crippen LogP contribution < -0.4 is 10.9 Å². The van der Waals surface area contributed by atoms with Crippen LogP contribution in [0.25, 0.3) is 10.2 Å². The van der Waals surface area contributed by atoms with Gasteiger partial charge in [0.2, 0.25) is 5.91 Å². The number of anilines is 1. The number of fused-ring (bicyclic) bond motifs is 1. The van der Waals surface area contributed by atoms with Gasteiger partial charge in [-0.1, -0.05) is 37.6 Å². The van der Waals surface area contributed by atoms with Crippen LogP contribution in [0, 0.1) is 0 Å². The van der Waals surface area contributed by atoms with E-state index in [1.165, 1.54) is 9.95 Å². The van der Waals surface area contributed by atoms with Crippen LogP contribution in [0.1, 0.15) is 48.9 Å². The lowest BCUT2D eigenvalue weighted by Gasteiger charge is -2.21. The molecule has 0 saturated heterocycles. The number of aromatic nitrogens is 2. The molecule has 2 heterocycles. The molecule has 146 valence electrons. The molecule has 0 radical (unpaired) electrons. The summed E-state index contributed by atoms with van der Waals surface area (Å²) in [6.07, 6.45) is 0. The first-order valence-electron chi connectivity index (χ1n) is 8.54. The number of para-hydroxylation sites is 1. The Balaban J connectivity index is 2.13. The van der Waals surface area contributed by atoms with Gasteiger partial charge < -0.3 is 10.4 Å². The summed E-state index contributed by atoms with van der Waals surface area (Å²) in [6.45, 7) is 5.28.